The molecule has 0 fully saturated rings. The zero-order valence-corrected chi connectivity index (χ0v) is 16.4. The summed E-state index contributed by atoms with van der Waals surface area (Å²) < 4.78 is 11.1. The fraction of sp³-hybridized carbons (Fsp3) is 0.130. The summed E-state index contributed by atoms with van der Waals surface area (Å²) in [5.41, 5.74) is 1.65. The Balaban J connectivity index is 1.66. The van der Waals surface area contributed by atoms with Crippen LogP contribution in [0.5, 0.6) is 5.75 Å². The third-order valence-electron chi connectivity index (χ3n) is 5.20. The Kier molecular flexibility index (Phi) is 4.21. The van der Waals surface area contributed by atoms with Crippen LogP contribution >= 0.6 is 11.3 Å². The van der Waals surface area contributed by atoms with Crippen molar-refractivity contribution in [1.82, 2.24) is 4.90 Å². The maximum Gasteiger partial charge on any atom is 0.291 e. The van der Waals surface area contributed by atoms with Gasteiger partial charge in [0.1, 0.15) is 17.4 Å². The van der Waals surface area contributed by atoms with Crippen molar-refractivity contribution in [3.05, 3.63) is 98.0 Å². The first kappa shape index (κ1) is 17.7. The first-order chi connectivity index (χ1) is 14.2. The van der Waals surface area contributed by atoms with Crippen LogP contribution in [0.1, 0.15) is 32.6 Å². The summed E-state index contributed by atoms with van der Waals surface area (Å²) in [6.45, 7) is 0.366. The number of para-hydroxylation sites is 1. The van der Waals surface area contributed by atoms with Crippen molar-refractivity contribution < 1.29 is 13.9 Å². The molecule has 2 aromatic carbocycles. The van der Waals surface area contributed by atoms with Crippen LogP contribution in [0.3, 0.4) is 0 Å². The van der Waals surface area contributed by atoms with Crippen molar-refractivity contribution in [1.29, 1.82) is 0 Å². The fourth-order valence-corrected chi connectivity index (χ4v) is 4.65. The zero-order chi connectivity index (χ0) is 20.0. The molecule has 3 heterocycles. The molecule has 1 unspecified atom stereocenters. The molecule has 5 nitrogen and oxygen atoms in total. The van der Waals surface area contributed by atoms with Gasteiger partial charge >= 0.3 is 0 Å². The number of methoxy groups -OCH3 is 1. The van der Waals surface area contributed by atoms with Crippen LogP contribution in [0, 0.1) is 0 Å². The molecule has 6 heteroatoms. The molecule has 0 saturated carbocycles. The summed E-state index contributed by atoms with van der Waals surface area (Å²) in [6, 6.07) is 18.0. The molecule has 5 rings (SSSR count). The van der Waals surface area contributed by atoms with Gasteiger partial charge in [-0.25, -0.2) is 0 Å². The normalized spacial score (nSPS) is 15.7. The standard InChI is InChI=1S/C23H17NO4S/c1-27-15-10-8-14(9-11-15)13-24-20(18-7-4-12-29-18)19-21(25)16-5-2-3-6-17(16)28-22(19)23(24)26/h2-12,20H,13H2,1H3. The first-order valence-electron chi connectivity index (χ1n) is 9.20. The van der Waals surface area contributed by atoms with Gasteiger partial charge in [-0.2, -0.15) is 0 Å². The van der Waals surface area contributed by atoms with E-state index in [1.807, 2.05) is 41.8 Å². The summed E-state index contributed by atoms with van der Waals surface area (Å²) in [7, 11) is 1.62. The third-order valence-corrected chi connectivity index (χ3v) is 6.12. The Bertz CT molecular complexity index is 1260. The van der Waals surface area contributed by atoms with Crippen LogP contribution in [-0.4, -0.2) is 17.9 Å². The van der Waals surface area contributed by atoms with Gasteiger partial charge in [0.2, 0.25) is 5.76 Å². The quantitative estimate of drug-likeness (QED) is 0.499. The topological polar surface area (TPSA) is 59.8 Å². The number of nitrogens with zero attached hydrogens (tertiary/aromatic N) is 1. The highest BCUT2D eigenvalue weighted by atomic mass is 32.1. The number of carbonyl (C=O) groups is 1. The molecule has 0 bridgehead atoms. The van der Waals surface area contributed by atoms with Gasteiger partial charge in [0.25, 0.3) is 5.91 Å². The highest BCUT2D eigenvalue weighted by molar-refractivity contribution is 7.10. The predicted molar refractivity (Wildman–Crippen MR) is 112 cm³/mol. The highest BCUT2D eigenvalue weighted by Gasteiger charge is 2.43. The molecule has 144 valence electrons. The molecule has 1 atom stereocenters. The van der Waals surface area contributed by atoms with E-state index >= 15 is 0 Å². The maximum absolute atomic E-state index is 13.3. The van der Waals surface area contributed by atoms with Crippen LogP contribution in [0.25, 0.3) is 11.0 Å². The number of rotatable bonds is 4. The second-order valence-electron chi connectivity index (χ2n) is 6.87. The SMILES string of the molecule is COc1ccc(CN2C(=O)c3oc4ccccc4c(=O)c3C2c2cccs2)cc1. The Morgan fingerprint density at radius 2 is 1.83 bits per heavy atom. The first-order valence-corrected chi connectivity index (χ1v) is 10.1. The monoisotopic (exact) mass is 403 g/mol. The molecule has 0 saturated heterocycles. The summed E-state index contributed by atoms with van der Waals surface area (Å²) in [5.74, 6) is 0.625. The van der Waals surface area contributed by atoms with Crippen molar-refractivity contribution in [3.63, 3.8) is 0 Å². The van der Waals surface area contributed by atoms with Crippen LogP contribution in [0.4, 0.5) is 0 Å². The minimum absolute atomic E-state index is 0.139. The van der Waals surface area contributed by atoms with Gasteiger partial charge in [-0.1, -0.05) is 30.3 Å². The van der Waals surface area contributed by atoms with Crippen molar-refractivity contribution >= 4 is 28.2 Å². The van der Waals surface area contributed by atoms with Crippen molar-refractivity contribution in [3.8, 4) is 5.75 Å². The van der Waals surface area contributed by atoms with Gasteiger partial charge in [0.15, 0.2) is 5.43 Å². The number of hydrogen-bond acceptors (Lipinski definition) is 5. The molecule has 0 N–H and O–H groups in total. The maximum atomic E-state index is 13.3. The molecule has 1 aliphatic rings. The van der Waals surface area contributed by atoms with E-state index in [9.17, 15) is 9.59 Å². The van der Waals surface area contributed by atoms with E-state index in [0.29, 0.717) is 23.1 Å². The van der Waals surface area contributed by atoms with E-state index in [0.717, 1.165) is 16.2 Å². The van der Waals surface area contributed by atoms with E-state index < -0.39 is 6.04 Å². The Labute approximate surface area is 170 Å². The molecule has 2 aromatic heterocycles. The molecular formula is C23H17NO4S. The lowest BCUT2D eigenvalue weighted by molar-refractivity contribution is 0.0716. The van der Waals surface area contributed by atoms with Gasteiger partial charge in [0, 0.05) is 11.4 Å². The summed E-state index contributed by atoms with van der Waals surface area (Å²) in [4.78, 5) is 29.2. The largest absolute Gasteiger partial charge is 0.497 e. The minimum Gasteiger partial charge on any atom is -0.497 e. The van der Waals surface area contributed by atoms with Gasteiger partial charge < -0.3 is 14.1 Å². The number of amides is 1. The van der Waals surface area contributed by atoms with Gasteiger partial charge in [-0.15, -0.1) is 11.3 Å². The number of hydrogen-bond donors (Lipinski definition) is 0. The molecule has 0 radical (unpaired) electrons. The summed E-state index contributed by atoms with van der Waals surface area (Å²) >= 11 is 1.53. The molecule has 4 aromatic rings. The molecule has 1 aliphatic heterocycles. The number of fused-ring (bicyclic) bond motifs is 2. The lowest BCUT2D eigenvalue weighted by Gasteiger charge is -2.24. The number of carbonyl (C=O) groups excluding carboxylic acids is 1. The number of benzene rings is 2. The second-order valence-corrected chi connectivity index (χ2v) is 7.85. The Morgan fingerprint density at radius 1 is 1.03 bits per heavy atom. The summed E-state index contributed by atoms with van der Waals surface area (Å²) in [6.07, 6.45) is 0. The zero-order valence-electron chi connectivity index (χ0n) is 15.6. The van der Waals surface area contributed by atoms with Crippen LogP contribution in [-0.2, 0) is 6.54 Å². The van der Waals surface area contributed by atoms with Gasteiger partial charge in [0.05, 0.1) is 18.1 Å². The van der Waals surface area contributed by atoms with E-state index in [2.05, 4.69) is 0 Å². The average Bonchev–Trinajstić information content (AvgIpc) is 3.37. The van der Waals surface area contributed by atoms with Crippen molar-refractivity contribution in [2.75, 3.05) is 7.11 Å². The lowest BCUT2D eigenvalue weighted by Crippen LogP contribution is -2.28. The van der Waals surface area contributed by atoms with Crippen LogP contribution in [0.15, 0.2) is 75.3 Å². The van der Waals surface area contributed by atoms with Gasteiger partial charge in [-0.05, 0) is 41.3 Å². The minimum atomic E-state index is -0.458. The predicted octanol–water partition coefficient (Wildman–Crippen LogP) is 4.61. The second kappa shape index (κ2) is 6.90. The Morgan fingerprint density at radius 3 is 2.55 bits per heavy atom. The number of ether oxygens (including phenoxy) is 1. The lowest BCUT2D eigenvalue weighted by atomic mass is 10.0. The van der Waals surface area contributed by atoms with Crippen LogP contribution in [0.2, 0.25) is 0 Å². The smallest absolute Gasteiger partial charge is 0.291 e. The average molecular weight is 403 g/mol. The molecule has 1 amide bonds. The third kappa shape index (κ3) is 2.84. The van der Waals surface area contributed by atoms with E-state index in [1.54, 1.807) is 36.3 Å². The Hall–Kier alpha value is -3.38. The van der Waals surface area contributed by atoms with E-state index in [4.69, 9.17) is 9.15 Å². The van der Waals surface area contributed by atoms with Crippen molar-refractivity contribution in [2.24, 2.45) is 0 Å². The van der Waals surface area contributed by atoms with E-state index in [1.165, 1.54) is 11.3 Å². The van der Waals surface area contributed by atoms with Crippen molar-refractivity contribution in [2.45, 2.75) is 12.6 Å². The molecular weight excluding hydrogens is 386 g/mol. The molecule has 29 heavy (non-hydrogen) atoms. The van der Waals surface area contributed by atoms with Gasteiger partial charge in [-0.3, -0.25) is 9.59 Å². The van der Waals surface area contributed by atoms with Crippen LogP contribution < -0.4 is 10.2 Å². The highest BCUT2D eigenvalue weighted by Crippen LogP contribution is 2.40. The summed E-state index contributed by atoms with van der Waals surface area (Å²) in [5, 5.41) is 2.44. The molecule has 0 spiro atoms. The van der Waals surface area contributed by atoms with E-state index in [-0.39, 0.29) is 17.1 Å². The number of thiophene rings is 1. The molecule has 0 aliphatic carbocycles. The fourth-order valence-electron chi connectivity index (χ4n) is 3.80.